The number of nitrogens with one attached hydrogen (secondary N) is 3. The maximum atomic E-state index is 12.3. The van der Waals surface area contributed by atoms with Gasteiger partial charge in [-0.2, -0.15) is 0 Å². The predicted molar refractivity (Wildman–Crippen MR) is 124 cm³/mol. The Kier molecular flexibility index (Phi) is 8.33. The van der Waals surface area contributed by atoms with E-state index < -0.39 is 30.4 Å². The first-order chi connectivity index (χ1) is 15.9. The van der Waals surface area contributed by atoms with E-state index >= 15 is 0 Å². The second-order valence-corrected chi connectivity index (χ2v) is 7.86. The van der Waals surface area contributed by atoms with Gasteiger partial charge in [0.15, 0.2) is 5.78 Å². The topological polar surface area (TPSA) is 128 Å². The van der Waals surface area contributed by atoms with Crippen molar-refractivity contribution in [2.45, 2.75) is 38.0 Å². The Morgan fingerprint density at radius 1 is 1.06 bits per heavy atom. The largest absolute Gasteiger partial charge is 0.391 e. The zero-order valence-corrected chi connectivity index (χ0v) is 18.3. The van der Waals surface area contributed by atoms with Gasteiger partial charge in [-0.15, -0.1) is 0 Å². The molecule has 0 unspecified atom stereocenters. The van der Waals surface area contributed by atoms with Gasteiger partial charge in [0.25, 0.3) is 5.91 Å². The van der Waals surface area contributed by atoms with Crippen LogP contribution in [0, 0.1) is 11.8 Å². The monoisotopic (exact) mass is 449 g/mol. The Morgan fingerprint density at radius 2 is 1.67 bits per heavy atom. The molecule has 0 aromatic heterocycles. The molecule has 2 aromatic rings. The Hall–Kier alpha value is -3.51. The minimum atomic E-state index is -1.18. The zero-order valence-electron chi connectivity index (χ0n) is 18.3. The van der Waals surface area contributed by atoms with Gasteiger partial charge in [0.1, 0.15) is 12.6 Å². The average Bonchev–Trinajstić information content (AvgIpc) is 3.37. The third-order valence-electron chi connectivity index (χ3n) is 5.30. The Balaban J connectivity index is 1.59. The number of carbonyl (C=O) groups excluding carboxylic acids is 3. The third kappa shape index (κ3) is 6.73. The SMILES string of the molecule is C[C@@H](O)[C@H](NC(=O)c1ccc(C#Cc2ccc(NC(=O)[C@@H]3CCCN3)cc2)cc1)C(=O)CO. The van der Waals surface area contributed by atoms with Crippen LogP contribution in [0.1, 0.15) is 41.3 Å². The highest BCUT2D eigenvalue weighted by molar-refractivity contribution is 5.98. The molecule has 2 amide bonds. The fraction of sp³-hybridized carbons (Fsp3) is 0.320. The summed E-state index contributed by atoms with van der Waals surface area (Å²) in [5.41, 5.74) is 2.48. The van der Waals surface area contributed by atoms with Gasteiger partial charge < -0.3 is 26.2 Å². The number of rotatable bonds is 7. The molecule has 1 saturated heterocycles. The molecule has 1 aliphatic heterocycles. The number of anilines is 1. The maximum absolute atomic E-state index is 12.3. The molecule has 0 aliphatic carbocycles. The minimum Gasteiger partial charge on any atom is -0.391 e. The van der Waals surface area contributed by atoms with E-state index in [2.05, 4.69) is 27.8 Å². The summed E-state index contributed by atoms with van der Waals surface area (Å²) in [7, 11) is 0. The minimum absolute atomic E-state index is 0.0315. The van der Waals surface area contributed by atoms with Crippen molar-refractivity contribution in [1.29, 1.82) is 0 Å². The van der Waals surface area contributed by atoms with E-state index in [-0.39, 0.29) is 11.9 Å². The van der Waals surface area contributed by atoms with Crippen LogP contribution in [-0.4, -0.2) is 59.1 Å². The Labute approximate surface area is 192 Å². The summed E-state index contributed by atoms with van der Waals surface area (Å²) in [5.74, 6) is 4.81. The molecule has 8 nitrogen and oxygen atoms in total. The normalized spacial score (nSPS) is 16.8. The standard InChI is InChI=1S/C25H27N3O5/c1-16(30)23(22(31)15-29)28-24(32)19-10-6-17(7-11-19)4-5-18-8-12-20(13-9-18)27-25(33)21-3-2-14-26-21/h6-13,16,21,23,26,29-30H,2-3,14-15H2,1H3,(H,27,33)(H,28,32)/t16-,21+,23+/m1/s1. The number of hydrogen-bond acceptors (Lipinski definition) is 6. The van der Waals surface area contributed by atoms with E-state index in [1.165, 1.54) is 6.92 Å². The summed E-state index contributed by atoms with van der Waals surface area (Å²) in [6.07, 6.45) is 0.722. The van der Waals surface area contributed by atoms with E-state index in [1.807, 2.05) is 12.1 Å². The first kappa shape index (κ1) is 24.1. The van der Waals surface area contributed by atoms with Gasteiger partial charge in [0, 0.05) is 22.4 Å². The summed E-state index contributed by atoms with van der Waals surface area (Å²) in [6, 6.07) is 12.4. The molecule has 0 bridgehead atoms. The van der Waals surface area contributed by atoms with Crippen molar-refractivity contribution >= 4 is 23.3 Å². The molecule has 0 saturated carbocycles. The van der Waals surface area contributed by atoms with Gasteiger partial charge in [-0.1, -0.05) is 11.8 Å². The number of aliphatic hydroxyl groups is 2. The van der Waals surface area contributed by atoms with Crippen LogP contribution in [0.5, 0.6) is 0 Å². The van der Waals surface area contributed by atoms with Crippen molar-refractivity contribution in [2.75, 3.05) is 18.5 Å². The number of carbonyl (C=O) groups is 3. The molecule has 3 atom stereocenters. The van der Waals surface area contributed by atoms with Crippen molar-refractivity contribution in [2.24, 2.45) is 0 Å². The van der Waals surface area contributed by atoms with Crippen LogP contribution in [0.25, 0.3) is 0 Å². The maximum Gasteiger partial charge on any atom is 0.251 e. The quantitative estimate of drug-likeness (QED) is 0.398. The Morgan fingerprint density at radius 3 is 2.18 bits per heavy atom. The lowest BCUT2D eigenvalue weighted by atomic mass is 10.1. The molecule has 0 spiro atoms. The van der Waals surface area contributed by atoms with Crippen molar-refractivity contribution < 1.29 is 24.6 Å². The molecule has 1 aliphatic rings. The predicted octanol–water partition coefficient (Wildman–Crippen LogP) is 0.817. The number of amides is 2. The third-order valence-corrected chi connectivity index (χ3v) is 5.30. The fourth-order valence-corrected chi connectivity index (χ4v) is 3.42. The van der Waals surface area contributed by atoms with Gasteiger partial charge in [-0.3, -0.25) is 14.4 Å². The highest BCUT2D eigenvalue weighted by Crippen LogP contribution is 2.12. The summed E-state index contributed by atoms with van der Waals surface area (Å²) >= 11 is 0. The van der Waals surface area contributed by atoms with Gasteiger partial charge in [-0.25, -0.2) is 0 Å². The lowest BCUT2D eigenvalue weighted by Gasteiger charge is -2.19. The molecule has 8 heteroatoms. The van der Waals surface area contributed by atoms with Crippen LogP contribution in [0.15, 0.2) is 48.5 Å². The molecular weight excluding hydrogens is 422 g/mol. The van der Waals surface area contributed by atoms with Gasteiger partial charge in [-0.05, 0) is 74.8 Å². The number of aliphatic hydroxyl groups excluding tert-OH is 2. The van der Waals surface area contributed by atoms with E-state index in [0.717, 1.165) is 24.9 Å². The van der Waals surface area contributed by atoms with Crippen LogP contribution in [0.2, 0.25) is 0 Å². The van der Waals surface area contributed by atoms with E-state index in [1.54, 1.807) is 36.4 Å². The molecule has 33 heavy (non-hydrogen) atoms. The summed E-state index contributed by atoms with van der Waals surface area (Å²) in [6.45, 7) is 1.46. The zero-order chi connectivity index (χ0) is 23.8. The molecule has 1 heterocycles. The van der Waals surface area contributed by atoms with Gasteiger partial charge >= 0.3 is 0 Å². The van der Waals surface area contributed by atoms with E-state index in [4.69, 9.17) is 5.11 Å². The van der Waals surface area contributed by atoms with Gasteiger partial charge in [0.05, 0.1) is 12.1 Å². The van der Waals surface area contributed by atoms with Gasteiger partial charge in [0.2, 0.25) is 5.91 Å². The van der Waals surface area contributed by atoms with E-state index in [0.29, 0.717) is 16.8 Å². The summed E-state index contributed by atoms with van der Waals surface area (Å²) in [4.78, 5) is 36.2. The van der Waals surface area contributed by atoms with Crippen molar-refractivity contribution in [1.82, 2.24) is 10.6 Å². The number of Topliss-reactive ketones (excluding diaryl/α,β-unsaturated/α-hetero) is 1. The first-order valence-corrected chi connectivity index (χ1v) is 10.8. The highest BCUT2D eigenvalue weighted by atomic mass is 16.3. The first-order valence-electron chi connectivity index (χ1n) is 10.8. The second kappa shape index (κ2) is 11.4. The number of ketones is 1. The summed E-state index contributed by atoms with van der Waals surface area (Å²) in [5, 5.41) is 27.1. The molecular formula is C25H27N3O5. The van der Waals surface area contributed by atoms with Crippen LogP contribution in [0.3, 0.4) is 0 Å². The molecule has 0 radical (unpaired) electrons. The lowest BCUT2D eigenvalue weighted by Crippen LogP contribution is -2.48. The average molecular weight is 450 g/mol. The van der Waals surface area contributed by atoms with Crippen LogP contribution in [-0.2, 0) is 9.59 Å². The molecule has 3 rings (SSSR count). The van der Waals surface area contributed by atoms with Crippen molar-refractivity contribution in [3.8, 4) is 11.8 Å². The Bertz CT molecular complexity index is 1050. The fourth-order valence-electron chi connectivity index (χ4n) is 3.42. The van der Waals surface area contributed by atoms with Crippen molar-refractivity contribution in [3.05, 3.63) is 65.2 Å². The second-order valence-electron chi connectivity index (χ2n) is 7.86. The van der Waals surface area contributed by atoms with Crippen LogP contribution >= 0.6 is 0 Å². The molecule has 172 valence electrons. The lowest BCUT2D eigenvalue weighted by molar-refractivity contribution is -0.126. The highest BCUT2D eigenvalue weighted by Gasteiger charge is 2.25. The van der Waals surface area contributed by atoms with Crippen LogP contribution in [0.4, 0.5) is 5.69 Å². The van der Waals surface area contributed by atoms with Crippen molar-refractivity contribution in [3.63, 3.8) is 0 Å². The molecule has 1 fully saturated rings. The molecule has 2 aromatic carbocycles. The van der Waals surface area contributed by atoms with Crippen LogP contribution < -0.4 is 16.0 Å². The smallest absolute Gasteiger partial charge is 0.251 e. The number of hydrogen-bond donors (Lipinski definition) is 5. The number of benzene rings is 2. The molecule has 5 N–H and O–H groups in total. The summed E-state index contributed by atoms with van der Waals surface area (Å²) < 4.78 is 0. The van der Waals surface area contributed by atoms with E-state index in [9.17, 15) is 19.5 Å².